The van der Waals surface area contributed by atoms with Crippen LogP contribution in [0, 0.1) is 0 Å². The Morgan fingerprint density at radius 3 is 2.55 bits per heavy atom. The molecule has 1 N–H and O–H groups in total. The Bertz CT molecular complexity index is 583. The van der Waals surface area contributed by atoms with Crippen LogP contribution in [0.25, 0.3) is 10.8 Å². The normalized spacial score (nSPS) is 18.1. The standard InChI is InChI=1S/C18H22O2/c1-13(19)16-12-11-14-7-5-6-10-17(14)18(16)20-15-8-3-2-4-9-15/h5-7,10-13,15,19H,2-4,8-9H2,1H3. The molecule has 2 aromatic rings. The Balaban J connectivity index is 2.02. The number of hydrogen-bond acceptors (Lipinski definition) is 2. The summed E-state index contributed by atoms with van der Waals surface area (Å²) in [6.07, 6.45) is 5.87. The molecule has 1 fully saturated rings. The Kier molecular flexibility index (Phi) is 3.93. The Hall–Kier alpha value is -1.54. The SMILES string of the molecule is CC(O)c1ccc2ccccc2c1OC1CCCCC1. The first-order chi connectivity index (χ1) is 9.75. The zero-order chi connectivity index (χ0) is 13.9. The molecule has 1 aliphatic rings. The van der Waals surface area contributed by atoms with E-state index in [9.17, 15) is 5.11 Å². The fourth-order valence-corrected chi connectivity index (χ4v) is 3.07. The second-order valence-corrected chi connectivity index (χ2v) is 5.76. The molecule has 0 aromatic heterocycles. The van der Waals surface area contributed by atoms with E-state index in [0.717, 1.165) is 29.5 Å². The molecule has 1 unspecified atom stereocenters. The van der Waals surface area contributed by atoms with E-state index in [4.69, 9.17) is 4.74 Å². The molecular weight excluding hydrogens is 248 g/mol. The molecule has 0 aliphatic heterocycles. The Labute approximate surface area is 120 Å². The van der Waals surface area contributed by atoms with Gasteiger partial charge < -0.3 is 9.84 Å². The summed E-state index contributed by atoms with van der Waals surface area (Å²) in [5, 5.41) is 12.3. The van der Waals surface area contributed by atoms with Crippen molar-refractivity contribution < 1.29 is 9.84 Å². The van der Waals surface area contributed by atoms with Gasteiger partial charge in [0.1, 0.15) is 5.75 Å². The van der Waals surface area contributed by atoms with E-state index in [1.165, 1.54) is 24.6 Å². The summed E-state index contributed by atoms with van der Waals surface area (Å²) >= 11 is 0. The third kappa shape index (κ3) is 2.66. The smallest absolute Gasteiger partial charge is 0.133 e. The maximum atomic E-state index is 10.0. The Morgan fingerprint density at radius 2 is 1.80 bits per heavy atom. The average Bonchev–Trinajstić information content (AvgIpc) is 2.48. The third-order valence-electron chi connectivity index (χ3n) is 4.20. The number of aliphatic hydroxyl groups is 1. The highest BCUT2D eigenvalue weighted by atomic mass is 16.5. The van der Waals surface area contributed by atoms with E-state index in [0.29, 0.717) is 6.10 Å². The van der Waals surface area contributed by atoms with Crippen LogP contribution < -0.4 is 4.74 Å². The first-order valence-electron chi connectivity index (χ1n) is 7.62. The van der Waals surface area contributed by atoms with Gasteiger partial charge in [-0.05, 0) is 38.0 Å². The molecule has 0 spiro atoms. The van der Waals surface area contributed by atoms with Gasteiger partial charge in [-0.3, -0.25) is 0 Å². The van der Waals surface area contributed by atoms with Crippen molar-refractivity contribution in [2.24, 2.45) is 0 Å². The summed E-state index contributed by atoms with van der Waals surface area (Å²) in [4.78, 5) is 0. The van der Waals surface area contributed by atoms with Crippen molar-refractivity contribution in [3.05, 3.63) is 42.0 Å². The van der Waals surface area contributed by atoms with Crippen LogP contribution in [0.1, 0.15) is 50.7 Å². The van der Waals surface area contributed by atoms with Crippen molar-refractivity contribution in [2.45, 2.75) is 51.2 Å². The van der Waals surface area contributed by atoms with E-state index in [-0.39, 0.29) is 0 Å². The molecule has 106 valence electrons. The quantitative estimate of drug-likeness (QED) is 0.883. The molecule has 1 saturated carbocycles. The van der Waals surface area contributed by atoms with E-state index >= 15 is 0 Å². The number of aliphatic hydroxyl groups excluding tert-OH is 1. The zero-order valence-electron chi connectivity index (χ0n) is 12.0. The maximum Gasteiger partial charge on any atom is 0.133 e. The second kappa shape index (κ2) is 5.84. The van der Waals surface area contributed by atoms with Crippen LogP contribution >= 0.6 is 0 Å². The van der Waals surface area contributed by atoms with Gasteiger partial charge in [0.25, 0.3) is 0 Å². The van der Waals surface area contributed by atoms with Crippen LogP contribution in [0.4, 0.5) is 0 Å². The van der Waals surface area contributed by atoms with Crippen molar-refractivity contribution >= 4 is 10.8 Å². The molecule has 2 nitrogen and oxygen atoms in total. The molecule has 0 radical (unpaired) electrons. The van der Waals surface area contributed by atoms with E-state index < -0.39 is 6.10 Å². The predicted molar refractivity (Wildman–Crippen MR) is 82.1 cm³/mol. The van der Waals surface area contributed by atoms with Crippen LogP contribution in [0.2, 0.25) is 0 Å². The third-order valence-corrected chi connectivity index (χ3v) is 4.20. The fraction of sp³-hybridized carbons (Fsp3) is 0.444. The number of rotatable bonds is 3. The molecule has 1 atom stereocenters. The molecule has 1 aliphatic carbocycles. The summed E-state index contributed by atoms with van der Waals surface area (Å²) in [5.41, 5.74) is 0.897. The maximum absolute atomic E-state index is 10.0. The van der Waals surface area contributed by atoms with Gasteiger partial charge in [-0.1, -0.05) is 42.8 Å². The molecular formula is C18H22O2. The van der Waals surface area contributed by atoms with Gasteiger partial charge in [0, 0.05) is 10.9 Å². The Morgan fingerprint density at radius 1 is 1.05 bits per heavy atom. The fourth-order valence-electron chi connectivity index (χ4n) is 3.07. The molecule has 0 bridgehead atoms. The highest BCUT2D eigenvalue weighted by Gasteiger charge is 2.19. The van der Waals surface area contributed by atoms with Crippen molar-refractivity contribution in [1.82, 2.24) is 0 Å². The summed E-state index contributed by atoms with van der Waals surface area (Å²) in [6, 6.07) is 12.3. The van der Waals surface area contributed by atoms with Gasteiger partial charge in [-0.2, -0.15) is 0 Å². The van der Waals surface area contributed by atoms with Crippen molar-refractivity contribution in [1.29, 1.82) is 0 Å². The minimum Gasteiger partial charge on any atom is -0.489 e. The zero-order valence-corrected chi connectivity index (χ0v) is 12.0. The number of hydrogen-bond donors (Lipinski definition) is 1. The highest BCUT2D eigenvalue weighted by Crippen LogP contribution is 2.36. The molecule has 2 aromatic carbocycles. The minimum atomic E-state index is -0.502. The number of fused-ring (bicyclic) bond motifs is 1. The van der Waals surface area contributed by atoms with Gasteiger partial charge in [0.15, 0.2) is 0 Å². The van der Waals surface area contributed by atoms with Crippen LogP contribution in [0.3, 0.4) is 0 Å². The lowest BCUT2D eigenvalue weighted by Gasteiger charge is -2.26. The molecule has 3 rings (SSSR count). The van der Waals surface area contributed by atoms with E-state index in [2.05, 4.69) is 18.2 Å². The monoisotopic (exact) mass is 270 g/mol. The van der Waals surface area contributed by atoms with Crippen molar-refractivity contribution in [3.8, 4) is 5.75 Å². The summed E-state index contributed by atoms with van der Waals surface area (Å²) < 4.78 is 6.30. The van der Waals surface area contributed by atoms with Gasteiger partial charge in [-0.15, -0.1) is 0 Å². The largest absolute Gasteiger partial charge is 0.489 e. The van der Waals surface area contributed by atoms with Crippen LogP contribution in [0.5, 0.6) is 5.75 Å². The molecule has 20 heavy (non-hydrogen) atoms. The molecule has 2 heteroatoms. The van der Waals surface area contributed by atoms with Crippen molar-refractivity contribution in [2.75, 3.05) is 0 Å². The first kappa shape index (κ1) is 13.4. The number of benzene rings is 2. The van der Waals surface area contributed by atoms with Crippen molar-refractivity contribution in [3.63, 3.8) is 0 Å². The molecule has 0 amide bonds. The van der Waals surface area contributed by atoms with Gasteiger partial charge in [0.2, 0.25) is 0 Å². The summed E-state index contributed by atoms with van der Waals surface area (Å²) in [6.45, 7) is 1.80. The van der Waals surface area contributed by atoms with Crippen LogP contribution in [-0.2, 0) is 0 Å². The predicted octanol–water partition coefficient (Wildman–Crippen LogP) is 4.60. The summed E-state index contributed by atoms with van der Waals surface area (Å²) in [7, 11) is 0. The average molecular weight is 270 g/mol. The van der Waals surface area contributed by atoms with Gasteiger partial charge in [-0.25, -0.2) is 0 Å². The lowest BCUT2D eigenvalue weighted by molar-refractivity contribution is 0.144. The highest BCUT2D eigenvalue weighted by molar-refractivity contribution is 5.89. The lowest BCUT2D eigenvalue weighted by Crippen LogP contribution is -2.20. The van der Waals surface area contributed by atoms with Gasteiger partial charge in [0.05, 0.1) is 12.2 Å². The minimum absolute atomic E-state index is 0.298. The van der Waals surface area contributed by atoms with Crippen LogP contribution in [0.15, 0.2) is 36.4 Å². The van der Waals surface area contributed by atoms with Crippen LogP contribution in [-0.4, -0.2) is 11.2 Å². The lowest BCUT2D eigenvalue weighted by atomic mass is 9.97. The first-order valence-corrected chi connectivity index (χ1v) is 7.62. The second-order valence-electron chi connectivity index (χ2n) is 5.76. The summed E-state index contributed by atoms with van der Waals surface area (Å²) in [5.74, 6) is 0.880. The number of ether oxygens (including phenoxy) is 1. The molecule has 0 heterocycles. The van der Waals surface area contributed by atoms with Gasteiger partial charge >= 0.3 is 0 Å². The van der Waals surface area contributed by atoms with E-state index in [1.54, 1.807) is 6.92 Å². The molecule has 0 saturated heterocycles. The van der Waals surface area contributed by atoms with E-state index in [1.807, 2.05) is 18.2 Å². The topological polar surface area (TPSA) is 29.5 Å².